The number of ether oxygens (including phenoxy) is 1. The second-order valence-corrected chi connectivity index (χ2v) is 6.08. The number of fused-ring (bicyclic) bond motifs is 1. The topological polar surface area (TPSA) is 58.6 Å². The van der Waals surface area contributed by atoms with E-state index in [0.29, 0.717) is 23.5 Å². The molecule has 5 nitrogen and oxygen atoms in total. The Labute approximate surface area is 145 Å². The number of nitrogens with one attached hydrogen (secondary N) is 1. The largest absolute Gasteiger partial charge is 0.487 e. The highest BCUT2D eigenvalue weighted by molar-refractivity contribution is 5.97. The van der Waals surface area contributed by atoms with E-state index < -0.39 is 5.82 Å². The number of para-hydroxylation sites is 1. The van der Waals surface area contributed by atoms with Crippen LogP contribution in [-0.4, -0.2) is 30.9 Å². The van der Waals surface area contributed by atoms with Gasteiger partial charge < -0.3 is 15.0 Å². The Bertz CT molecular complexity index is 822. The van der Waals surface area contributed by atoms with Crippen LogP contribution in [0.1, 0.15) is 24.2 Å². The van der Waals surface area contributed by atoms with E-state index in [2.05, 4.69) is 5.32 Å². The van der Waals surface area contributed by atoms with Crippen molar-refractivity contribution in [2.24, 2.45) is 0 Å². The summed E-state index contributed by atoms with van der Waals surface area (Å²) >= 11 is 0. The van der Waals surface area contributed by atoms with Gasteiger partial charge in [-0.05, 0) is 44.2 Å². The molecule has 25 heavy (non-hydrogen) atoms. The second-order valence-electron chi connectivity index (χ2n) is 6.08. The van der Waals surface area contributed by atoms with Crippen LogP contribution < -0.4 is 15.0 Å². The van der Waals surface area contributed by atoms with E-state index in [1.165, 1.54) is 19.1 Å². The monoisotopic (exact) mass is 342 g/mol. The van der Waals surface area contributed by atoms with Crippen molar-refractivity contribution in [1.82, 2.24) is 0 Å². The van der Waals surface area contributed by atoms with Gasteiger partial charge >= 0.3 is 0 Å². The molecule has 0 saturated heterocycles. The van der Waals surface area contributed by atoms with Crippen LogP contribution in [0, 0.1) is 5.82 Å². The molecule has 1 heterocycles. The van der Waals surface area contributed by atoms with E-state index in [-0.39, 0.29) is 30.0 Å². The van der Waals surface area contributed by atoms with E-state index in [0.717, 1.165) is 0 Å². The van der Waals surface area contributed by atoms with E-state index in [9.17, 15) is 14.0 Å². The van der Waals surface area contributed by atoms with E-state index in [1.54, 1.807) is 30.3 Å². The lowest BCUT2D eigenvalue weighted by atomic mass is 10.1. The fourth-order valence-corrected chi connectivity index (χ4v) is 2.82. The van der Waals surface area contributed by atoms with Crippen LogP contribution in [0.5, 0.6) is 5.75 Å². The molecule has 2 aromatic rings. The molecule has 1 amide bonds. The van der Waals surface area contributed by atoms with Crippen molar-refractivity contribution in [2.75, 3.05) is 23.3 Å². The Hall–Kier alpha value is -2.89. The highest BCUT2D eigenvalue weighted by atomic mass is 19.1. The van der Waals surface area contributed by atoms with E-state index >= 15 is 0 Å². The summed E-state index contributed by atoms with van der Waals surface area (Å²) in [5, 5.41) is 2.58. The summed E-state index contributed by atoms with van der Waals surface area (Å²) in [4.78, 5) is 25.8. The molecule has 1 atom stereocenters. The number of ketones is 1. The standard InChI is InChI=1S/C19H19FN2O3/c1-12-10-22(11-19(24)21-16-6-4-3-5-15(16)20)17-9-14(13(2)23)7-8-18(17)25-12/h3-9,12H,10-11H2,1-2H3,(H,21,24). The average molecular weight is 342 g/mol. The molecule has 0 aliphatic carbocycles. The summed E-state index contributed by atoms with van der Waals surface area (Å²) in [5.41, 5.74) is 1.39. The molecular formula is C19H19FN2O3. The number of amides is 1. The van der Waals surface area contributed by atoms with Crippen molar-refractivity contribution in [1.29, 1.82) is 0 Å². The van der Waals surface area contributed by atoms with Crippen molar-refractivity contribution >= 4 is 23.1 Å². The number of halogens is 1. The van der Waals surface area contributed by atoms with Gasteiger partial charge in [0.2, 0.25) is 5.91 Å². The molecule has 1 N–H and O–H groups in total. The number of benzene rings is 2. The molecule has 2 aromatic carbocycles. The molecule has 0 spiro atoms. The molecule has 130 valence electrons. The highest BCUT2D eigenvalue weighted by Gasteiger charge is 2.25. The molecule has 0 aromatic heterocycles. The number of carbonyl (C=O) groups is 2. The van der Waals surface area contributed by atoms with Crippen LogP contribution >= 0.6 is 0 Å². The molecule has 0 saturated carbocycles. The fraction of sp³-hybridized carbons (Fsp3) is 0.263. The maximum absolute atomic E-state index is 13.7. The minimum Gasteiger partial charge on any atom is -0.487 e. The third kappa shape index (κ3) is 3.79. The lowest BCUT2D eigenvalue weighted by molar-refractivity contribution is -0.115. The summed E-state index contributed by atoms with van der Waals surface area (Å²) < 4.78 is 19.5. The van der Waals surface area contributed by atoms with Crippen LogP contribution in [0.3, 0.4) is 0 Å². The molecule has 0 bridgehead atoms. The van der Waals surface area contributed by atoms with Crippen LogP contribution in [0.15, 0.2) is 42.5 Å². The van der Waals surface area contributed by atoms with Gasteiger partial charge in [-0.15, -0.1) is 0 Å². The van der Waals surface area contributed by atoms with Crippen LogP contribution in [0.25, 0.3) is 0 Å². The van der Waals surface area contributed by atoms with Crippen molar-refractivity contribution in [3.05, 3.63) is 53.8 Å². The Morgan fingerprint density at radius 3 is 2.76 bits per heavy atom. The van der Waals surface area contributed by atoms with Crippen molar-refractivity contribution < 1.29 is 18.7 Å². The van der Waals surface area contributed by atoms with Gasteiger partial charge in [0.15, 0.2) is 5.78 Å². The molecular weight excluding hydrogens is 323 g/mol. The van der Waals surface area contributed by atoms with Gasteiger partial charge in [0.1, 0.15) is 17.7 Å². The van der Waals surface area contributed by atoms with Crippen molar-refractivity contribution in [2.45, 2.75) is 20.0 Å². The molecule has 1 aliphatic rings. The zero-order valence-electron chi connectivity index (χ0n) is 14.1. The predicted octanol–water partition coefficient (Wildman–Crippen LogP) is 3.25. The summed E-state index contributed by atoms with van der Waals surface area (Å²) in [6.45, 7) is 3.93. The van der Waals surface area contributed by atoms with Gasteiger partial charge in [-0.1, -0.05) is 12.1 Å². The van der Waals surface area contributed by atoms with Crippen molar-refractivity contribution in [3.63, 3.8) is 0 Å². The quantitative estimate of drug-likeness (QED) is 0.867. The first-order valence-electron chi connectivity index (χ1n) is 8.05. The predicted molar refractivity (Wildman–Crippen MR) is 93.8 cm³/mol. The summed E-state index contributed by atoms with van der Waals surface area (Å²) in [7, 11) is 0. The smallest absolute Gasteiger partial charge is 0.243 e. The number of nitrogens with zero attached hydrogens (tertiary/aromatic N) is 1. The zero-order valence-corrected chi connectivity index (χ0v) is 14.1. The second kappa shape index (κ2) is 6.93. The molecule has 1 aliphatic heterocycles. The van der Waals surface area contributed by atoms with Crippen LogP contribution in [0.4, 0.5) is 15.8 Å². The zero-order chi connectivity index (χ0) is 18.0. The first-order valence-corrected chi connectivity index (χ1v) is 8.05. The Balaban J connectivity index is 1.81. The Kier molecular flexibility index (Phi) is 4.70. The number of rotatable bonds is 4. The minimum absolute atomic E-state index is 0.0381. The Morgan fingerprint density at radius 2 is 2.04 bits per heavy atom. The number of hydrogen-bond acceptors (Lipinski definition) is 4. The summed E-state index contributed by atoms with van der Waals surface area (Å²) in [6.07, 6.45) is -0.100. The van der Waals surface area contributed by atoms with Gasteiger partial charge in [0.25, 0.3) is 0 Å². The van der Waals surface area contributed by atoms with Gasteiger partial charge in [-0.2, -0.15) is 0 Å². The number of carbonyl (C=O) groups excluding carboxylic acids is 2. The average Bonchev–Trinajstić information content (AvgIpc) is 2.56. The summed E-state index contributed by atoms with van der Waals surface area (Å²) in [6, 6.07) is 11.2. The van der Waals surface area contributed by atoms with Crippen molar-refractivity contribution in [3.8, 4) is 5.75 Å². The van der Waals surface area contributed by atoms with E-state index in [1.807, 2.05) is 11.8 Å². The lowest BCUT2D eigenvalue weighted by Crippen LogP contribution is -2.42. The maximum atomic E-state index is 13.7. The van der Waals surface area contributed by atoms with Gasteiger partial charge in [0.05, 0.1) is 24.5 Å². The SMILES string of the molecule is CC(=O)c1ccc2c(c1)N(CC(=O)Nc1ccccc1F)CC(C)O2. The lowest BCUT2D eigenvalue weighted by Gasteiger charge is -2.34. The van der Waals surface area contributed by atoms with E-state index in [4.69, 9.17) is 4.74 Å². The first-order chi connectivity index (χ1) is 11.9. The maximum Gasteiger partial charge on any atom is 0.243 e. The first kappa shape index (κ1) is 17.0. The third-order valence-electron chi connectivity index (χ3n) is 3.99. The van der Waals surface area contributed by atoms with Crippen LogP contribution in [-0.2, 0) is 4.79 Å². The van der Waals surface area contributed by atoms with Crippen LogP contribution in [0.2, 0.25) is 0 Å². The molecule has 0 radical (unpaired) electrons. The normalized spacial score (nSPS) is 16.0. The van der Waals surface area contributed by atoms with Gasteiger partial charge in [-0.25, -0.2) is 4.39 Å². The van der Waals surface area contributed by atoms with Gasteiger partial charge in [0, 0.05) is 5.56 Å². The van der Waals surface area contributed by atoms with Gasteiger partial charge in [-0.3, -0.25) is 9.59 Å². The Morgan fingerprint density at radius 1 is 1.28 bits per heavy atom. The fourth-order valence-electron chi connectivity index (χ4n) is 2.82. The molecule has 0 fully saturated rings. The number of hydrogen-bond donors (Lipinski definition) is 1. The molecule has 6 heteroatoms. The minimum atomic E-state index is -0.481. The number of anilines is 2. The third-order valence-corrected chi connectivity index (χ3v) is 3.99. The summed E-state index contributed by atoms with van der Waals surface area (Å²) in [5.74, 6) is -0.247. The highest BCUT2D eigenvalue weighted by Crippen LogP contribution is 2.34. The molecule has 3 rings (SSSR count). The molecule has 1 unspecified atom stereocenters. The number of Topliss-reactive ketones (excluding diaryl/α,β-unsaturated/α-hetero) is 1.